The average molecular weight is 387 g/mol. The van der Waals surface area contributed by atoms with Gasteiger partial charge in [-0.05, 0) is 74.6 Å². The fraction of sp³-hybridized carbons (Fsp3) is 0.517. The summed E-state index contributed by atoms with van der Waals surface area (Å²) in [5, 5.41) is 0. The van der Waals surface area contributed by atoms with Crippen LogP contribution in [0.3, 0.4) is 0 Å². The van der Waals surface area contributed by atoms with Crippen LogP contribution in [0.25, 0.3) is 0 Å². The molecule has 0 heteroatoms. The summed E-state index contributed by atoms with van der Waals surface area (Å²) in [5.41, 5.74) is 5.51. The lowest BCUT2D eigenvalue weighted by Gasteiger charge is -2.26. The number of rotatable bonds is 8. The standard InChI is InChI=1S/C29H38/c1-3-4-5-6-7-8-9-25-12-14-26(15-13-25)16-17-27-18-22-29(23-19-27)28-20-10-24(2)11-21-28/h10-15,20-21,27,29H,3-9,18-19,22-23H2,1-2H3/t27-,29-. The maximum absolute atomic E-state index is 3.56. The van der Waals surface area contributed by atoms with Crippen LogP contribution in [0.5, 0.6) is 0 Å². The molecule has 1 aliphatic rings. The van der Waals surface area contributed by atoms with E-state index in [4.69, 9.17) is 0 Å². The molecule has 2 aromatic rings. The van der Waals surface area contributed by atoms with E-state index in [1.54, 1.807) is 0 Å². The normalized spacial score (nSPS) is 18.8. The molecule has 154 valence electrons. The first-order valence-corrected chi connectivity index (χ1v) is 11.9. The van der Waals surface area contributed by atoms with Gasteiger partial charge in [0.2, 0.25) is 0 Å². The molecule has 0 amide bonds. The van der Waals surface area contributed by atoms with E-state index in [1.165, 1.54) is 92.9 Å². The van der Waals surface area contributed by atoms with Crippen LogP contribution >= 0.6 is 0 Å². The molecule has 0 saturated heterocycles. The van der Waals surface area contributed by atoms with Crippen molar-refractivity contribution in [1.29, 1.82) is 0 Å². The van der Waals surface area contributed by atoms with Gasteiger partial charge in [-0.25, -0.2) is 0 Å². The van der Waals surface area contributed by atoms with Gasteiger partial charge in [-0.3, -0.25) is 0 Å². The van der Waals surface area contributed by atoms with E-state index in [0.29, 0.717) is 5.92 Å². The lowest BCUT2D eigenvalue weighted by Crippen LogP contribution is -2.12. The van der Waals surface area contributed by atoms with Crippen LogP contribution in [0.15, 0.2) is 48.5 Å². The van der Waals surface area contributed by atoms with E-state index in [-0.39, 0.29) is 0 Å². The van der Waals surface area contributed by atoms with E-state index >= 15 is 0 Å². The average Bonchev–Trinajstić information content (AvgIpc) is 2.76. The Labute approximate surface area is 179 Å². The molecule has 29 heavy (non-hydrogen) atoms. The van der Waals surface area contributed by atoms with Crippen molar-refractivity contribution in [3.8, 4) is 11.8 Å². The predicted octanol–water partition coefficient (Wildman–Crippen LogP) is 8.22. The summed E-state index contributed by atoms with van der Waals surface area (Å²) in [6, 6.07) is 18.1. The van der Waals surface area contributed by atoms with Crippen molar-refractivity contribution in [3.63, 3.8) is 0 Å². The molecular weight excluding hydrogens is 348 g/mol. The van der Waals surface area contributed by atoms with Gasteiger partial charge in [0.25, 0.3) is 0 Å². The van der Waals surface area contributed by atoms with Crippen LogP contribution in [-0.4, -0.2) is 0 Å². The van der Waals surface area contributed by atoms with E-state index in [2.05, 4.69) is 74.2 Å². The largest absolute Gasteiger partial charge is 0.0945 e. The predicted molar refractivity (Wildman–Crippen MR) is 126 cm³/mol. The Morgan fingerprint density at radius 2 is 1.41 bits per heavy atom. The van der Waals surface area contributed by atoms with Gasteiger partial charge < -0.3 is 0 Å². The summed E-state index contributed by atoms with van der Waals surface area (Å²) in [7, 11) is 0. The second-order valence-electron chi connectivity index (χ2n) is 8.94. The summed E-state index contributed by atoms with van der Waals surface area (Å²) in [5.74, 6) is 8.30. The van der Waals surface area contributed by atoms with Crippen LogP contribution in [0.4, 0.5) is 0 Å². The van der Waals surface area contributed by atoms with Crippen molar-refractivity contribution >= 4 is 0 Å². The highest BCUT2D eigenvalue weighted by Crippen LogP contribution is 2.35. The summed E-state index contributed by atoms with van der Waals surface area (Å²) in [6.07, 6.45) is 14.4. The van der Waals surface area contributed by atoms with Gasteiger partial charge in [0, 0.05) is 11.5 Å². The number of aryl methyl sites for hydroxylation is 2. The molecule has 1 aliphatic carbocycles. The molecule has 2 aromatic carbocycles. The lowest BCUT2D eigenvalue weighted by atomic mass is 9.79. The Hall–Kier alpha value is -2.00. The molecule has 0 aliphatic heterocycles. The fourth-order valence-corrected chi connectivity index (χ4v) is 4.46. The highest BCUT2D eigenvalue weighted by molar-refractivity contribution is 5.37. The SMILES string of the molecule is CCCCCCCCc1ccc(C#C[C@H]2CC[C@H](c3ccc(C)cc3)CC2)cc1. The zero-order valence-corrected chi connectivity index (χ0v) is 18.6. The first kappa shape index (κ1) is 21.7. The molecule has 1 saturated carbocycles. The van der Waals surface area contributed by atoms with Crippen molar-refractivity contribution in [2.45, 2.75) is 90.4 Å². The van der Waals surface area contributed by atoms with Crippen LogP contribution in [-0.2, 0) is 6.42 Å². The number of hydrogen-bond donors (Lipinski definition) is 0. The van der Waals surface area contributed by atoms with Crippen molar-refractivity contribution in [2.75, 3.05) is 0 Å². The molecule has 0 spiro atoms. The number of benzene rings is 2. The van der Waals surface area contributed by atoms with E-state index in [1.807, 2.05) is 0 Å². The van der Waals surface area contributed by atoms with E-state index in [0.717, 1.165) is 5.92 Å². The summed E-state index contributed by atoms with van der Waals surface area (Å²) < 4.78 is 0. The van der Waals surface area contributed by atoms with Gasteiger partial charge in [0.1, 0.15) is 0 Å². The van der Waals surface area contributed by atoms with Gasteiger partial charge in [-0.1, -0.05) is 92.8 Å². The topological polar surface area (TPSA) is 0 Å². The minimum absolute atomic E-state index is 0.569. The second kappa shape index (κ2) is 11.9. The minimum Gasteiger partial charge on any atom is -0.0945 e. The molecule has 0 bridgehead atoms. The molecule has 0 atom stereocenters. The Bertz CT molecular complexity index is 762. The number of unbranched alkanes of at least 4 members (excludes halogenated alkanes) is 5. The Kier molecular flexibility index (Phi) is 8.88. The molecule has 0 N–H and O–H groups in total. The molecule has 0 unspecified atom stereocenters. The zero-order valence-electron chi connectivity index (χ0n) is 18.6. The Morgan fingerprint density at radius 1 is 0.759 bits per heavy atom. The van der Waals surface area contributed by atoms with Crippen LogP contribution in [0.2, 0.25) is 0 Å². The van der Waals surface area contributed by atoms with Gasteiger partial charge in [0.15, 0.2) is 0 Å². The molecule has 0 heterocycles. The first-order chi connectivity index (χ1) is 14.2. The van der Waals surface area contributed by atoms with E-state index < -0.39 is 0 Å². The van der Waals surface area contributed by atoms with Crippen molar-refractivity contribution in [1.82, 2.24) is 0 Å². The molecule has 0 radical (unpaired) electrons. The van der Waals surface area contributed by atoms with Crippen LogP contribution < -0.4 is 0 Å². The Balaban J connectivity index is 1.40. The van der Waals surface area contributed by atoms with Crippen LogP contribution in [0, 0.1) is 24.7 Å². The smallest absolute Gasteiger partial charge is 0.0245 e. The maximum Gasteiger partial charge on any atom is 0.0245 e. The van der Waals surface area contributed by atoms with Crippen molar-refractivity contribution in [2.24, 2.45) is 5.92 Å². The van der Waals surface area contributed by atoms with Crippen molar-refractivity contribution in [3.05, 3.63) is 70.8 Å². The summed E-state index contributed by atoms with van der Waals surface area (Å²) in [4.78, 5) is 0. The minimum atomic E-state index is 0.569. The Morgan fingerprint density at radius 3 is 2.10 bits per heavy atom. The van der Waals surface area contributed by atoms with Gasteiger partial charge in [-0.2, -0.15) is 0 Å². The molecule has 0 aromatic heterocycles. The highest BCUT2D eigenvalue weighted by Gasteiger charge is 2.20. The third kappa shape index (κ3) is 7.40. The molecule has 1 fully saturated rings. The molecular formula is C29H38. The maximum atomic E-state index is 3.56. The molecule has 3 rings (SSSR count). The monoisotopic (exact) mass is 386 g/mol. The van der Waals surface area contributed by atoms with Gasteiger partial charge in [0.05, 0.1) is 0 Å². The van der Waals surface area contributed by atoms with Gasteiger partial charge in [-0.15, -0.1) is 0 Å². The lowest BCUT2D eigenvalue weighted by molar-refractivity contribution is 0.384. The second-order valence-corrected chi connectivity index (χ2v) is 8.94. The quantitative estimate of drug-likeness (QED) is 0.316. The van der Waals surface area contributed by atoms with Crippen LogP contribution in [0.1, 0.15) is 99.3 Å². The first-order valence-electron chi connectivity index (χ1n) is 11.9. The van der Waals surface area contributed by atoms with E-state index in [9.17, 15) is 0 Å². The summed E-state index contributed by atoms with van der Waals surface area (Å²) in [6.45, 7) is 4.44. The highest BCUT2D eigenvalue weighted by atomic mass is 14.2. The summed E-state index contributed by atoms with van der Waals surface area (Å²) >= 11 is 0. The molecule has 0 nitrogen and oxygen atoms in total. The zero-order chi connectivity index (χ0) is 20.3. The third-order valence-corrected chi connectivity index (χ3v) is 6.47. The van der Waals surface area contributed by atoms with Crippen molar-refractivity contribution < 1.29 is 0 Å². The fourth-order valence-electron chi connectivity index (χ4n) is 4.46. The number of hydrogen-bond acceptors (Lipinski definition) is 0. The third-order valence-electron chi connectivity index (χ3n) is 6.47. The van der Waals surface area contributed by atoms with Gasteiger partial charge >= 0.3 is 0 Å².